The number of hydrogen-bond donors (Lipinski definition) is 2. The number of hydrogen-bond acceptors (Lipinski definition) is 3. The van der Waals surface area contributed by atoms with Crippen molar-refractivity contribution in [2.75, 3.05) is 13.7 Å². The van der Waals surface area contributed by atoms with Gasteiger partial charge in [-0.1, -0.05) is 12.2 Å². The normalized spacial score (nSPS) is 21.5. The molecule has 0 bridgehead atoms. The first kappa shape index (κ1) is 9.70. The molecule has 0 aromatic carbocycles. The van der Waals surface area contributed by atoms with Gasteiger partial charge in [0.15, 0.2) is 0 Å². The van der Waals surface area contributed by atoms with Crippen LogP contribution in [-0.4, -0.2) is 31.9 Å². The van der Waals surface area contributed by atoms with Gasteiger partial charge in [-0.15, -0.1) is 0 Å². The van der Waals surface area contributed by atoms with Crippen LogP contribution in [-0.2, 0) is 10.0 Å². The quantitative estimate of drug-likeness (QED) is 0.595. The SMILES string of the molecule is CNS(=O)(=O)C1(/C=C/CO)CC1. The van der Waals surface area contributed by atoms with E-state index in [1.165, 1.54) is 13.1 Å². The maximum Gasteiger partial charge on any atom is 0.220 e. The third-order valence-corrected chi connectivity index (χ3v) is 4.23. The van der Waals surface area contributed by atoms with E-state index in [2.05, 4.69) is 4.72 Å². The van der Waals surface area contributed by atoms with Gasteiger partial charge in [0.2, 0.25) is 10.0 Å². The van der Waals surface area contributed by atoms with E-state index in [1.54, 1.807) is 6.08 Å². The van der Waals surface area contributed by atoms with Crippen molar-refractivity contribution in [1.82, 2.24) is 4.72 Å². The molecule has 1 aliphatic carbocycles. The van der Waals surface area contributed by atoms with Crippen LogP contribution >= 0.6 is 0 Å². The Labute approximate surface area is 72.3 Å². The molecular formula is C7H13NO3S. The van der Waals surface area contributed by atoms with Crippen molar-refractivity contribution >= 4 is 10.0 Å². The topological polar surface area (TPSA) is 66.4 Å². The minimum Gasteiger partial charge on any atom is -0.392 e. The van der Waals surface area contributed by atoms with E-state index in [9.17, 15) is 8.42 Å². The minimum atomic E-state index is -3.21. The molecule has 4 nitrogen and oxygen atoms in total. The summed E-state index contributed by atoms with van der Waals surface area (Å²) in [6.45, 7) is -0.110. The Morgan fingerprint density at radius 2 is 2.17 bits per heavy atom. The Morgan fingerprint density at radius 3 is 2.50 bits per heavy atom. The van der Waals surface area contributed by atoms with E-state index >= 15 is 0 Å². The van der Waals surface area contributed by atoms with Crippen molar-refractivity contribution in [2.45, 2.75) is 17.6 Å². The van der Waals surface area contributed by atoms with Gasteiger partial charge in [0.05, 0.1) is 6.61 Å². The van der Waals surface area contributed by atoms with Gasteiger partial charge < -0.3 is 5.11 Å². The van der Waals surface area contributed by atoms with E-state index in [1.807, 2.05) is 0 Å². The van der Waals surface area contributed by atoms with E-state index in [-0.39, 0.29) is 6.61 Å². The summed E-state index contributed by atoms with van der Waals surface area (Å²) in [5.74, 6) is 0. The molecule has 5 heteroatoms. The van der Waals surface area contributed by atoms with Crippen LogP contribution in [0.1, 0.15) is 12.8 Å². The summed E-state index contributed by atoms with van der Waals surface area (Å²) in [6.07, 6.45) is 4.33. The molecule has 0 aromatic heterocycles. The second kappa shape index (κ2) is 3.16. The van der Waals surface area contributed by atoms with Gasteiger partial charge in [0, 0.05) is 0 Å². The van der Waals surface area contributed by atoms with Gasteiger partial charge in [-0.25, -0.2) is 13.1 Å². The van der Waals surface area contributed by atoms with Crippen LogP contribution in [0.25, 0.3) is 0 Å². The fourth-order valence-corrected chi connectivity index (χ4v) is 2.44. The Morgan fingerprint density at radius 1 is 1.58 bits per heavy atom. The second-order valence-electron chi connectivity index (χ2n) is 2.86. The van der Waals surface area contributed by atoms with E-state index < -0.39 is 14.8 Å². The highest BCUT2D eigenvalue weighted by Crippen LogP contribution is 2.44. The molecule has 1 saturated carbocycles. The lowest BCUT2D eigenvalue weighted by Crippen LogP contribution is -2.31. The van der Waals surface area contributed by atoms with Crippen LogP contribution in [0.4, 0.5) is 0 Å². The second-order valence-corrected chi connectivity index (χ2v) is 5.09. The molecule has 0 radical (unpaired) electrons. The van der Waals surface area contributed by atoms with Gasteiger partial charge in [0.1, 0.15) is 4.75 Å². The lowest BCUT2D eigenvalue weighted by atomic mass is 10.3. The molecule has 0 aliphatic heterocycles. The summed E-state index contributed by atoms with van der Waals surface area (Å²) in [5.41, 5.74) is 0. The number of aliphatic hydroxyl groups excluding tert-OH is 1. The molecule has 1 rings (SSSR count). The van der Waals surface area contributed by atoms with Crippen molar-refractivity contribution in [1.29, 1.82) is 0 Å². The van der Waals surface area contributed by atoms with E-state index in [0.717, 1.165) is 0 Å². The molecule has 0 spiro atoms. The van der Waals surface area contributed by atoms with Crippen LogP contribution in [0.3, 0.4) is 0 Å². The molecule has 1 aliphatic rings. The Kier molecular flexibility index (Phi) is 2.55. The standard InChI is InChI=1S/C7H13NO3S/c1-8-12(10,11)7(4-5-7)3-2-6-9/h2-3,8-9H,4-6H2,1H3/b3-2+. The average molecular weight is 191 g/mol. The third-order valence-electron chi connectivity index (χ3n) is 2.07. The summed E-state index contributed by atoms with van der Waals surface area (Å²) in [5, 5.41) is 8.49. The lowest BCUT2D eigenvalue weighted by molar-refractivity contribution is 0.342. The maximum atomic E-state index is 11.3. The van der Waals surface area contributed by atoms with Crippen molar-refractivity contribution < 1.29 is 13.5 Å². The molecule has 12 heavy (non-hydrogen) atoms. The summed E-state index contributed by atoms with van der Waals surface area (Å²) in [7, 11) is -1.80. The van der Waals surface area contributed by atoms with E-state index in [4.69, 9.17) is 5.11 Å². The largest absolute Gasteiger partial charge is 0.392 e. The zero-order valence-electron chi connectivity index (χ0n) is 6.95. The number of aliphatic hydroxyl groups is 1. The van der Waals surface area contributed by atoms with Crippen molar-refractivity contribution in [3.63, 3.8) is 0 Å². The van der Waals surface area contributed by atoms with Crippen molar-refractivity contribution in [3.8, 4) is 0 Å². The molecule has 0 unspecified atom stereocenters. The molecule has 70 valence electrons. The number of nitrogens with one attached hydrogen (secondary N) is 1. The monoisotopic (exact) mass is 191 g/mol. The highest BCUT2D eigenvalue weighted by atomic mass is 32.2. The highest BCUT2D eigenvalue weighted by molar-refractivity contribution is 7.91. The Bertz CT molecular complexity index is 277. The zero-order valence-corrected chi connectivity index (χ0v) is 7.76. The highest BCUT2D eigenvalue weighted by Gasteiger charge is 2.51. The molecule has 0 heterocycles. The summed E-state index contributed by atoms with van der Waals surface area (Å²) in [4.78, 5) is 0. The Balaban J connectivity index is 2.80. The van der Waals surface area contributed by atoms with Crippen LogP contribution in [0.15, 0.2) is 12.2 Å². The minimum absolute atomic E-state index is 0.110. The van der Waals surface area contributed by atoms with Crippen LogP contribution in [0.2, 0.25) is 0 Å². The Hall–Kier alpha value is -0.390. The predicted molar refractivity (Wildman–Crippen MR) is 46.2 cm³/mol. The molecule has 0 saturated heterocycles. The fraction of sp³-hybridized carbons (Fsp3) is 0.714. The van der Waals surface area contributed by atoms with Crippen LogP contribution in [0.5, 0.6) is 0 Å². The first-order valence-electron chi connectivity index (χ1n) is 3.80. The molecular weight excluding hydrogens is 178 g/mol. The summed E-state index contributed by atoms with van der Waals surface area (Å²) in [6, 6.07) is 0. The first-order chi connectivity index (χ1) is 5.58. The fourth-order valence-electron chi connectivity index (χ4n) is 1.12. The van der Waals surface area contributed by atoms with Crippen molar-refractivity contribution in [3.05, 3.63) is 12.2 Å². The number of rotatable bonds is 4. The zero-order chi connectivity index (χ0) is 9.24. The smallest absolute Gasteiger partial charge is 0.220 e. The van der Waals surface area contributed by atoms with Gasteiger partial charge in [-0.2, -0.15) is 0 Å². The van der Waals surface area contributed by atoms with Crippen LogP contribution in [0, 0.1) is 0 Å². The third kappa shape index (κ3) is 1.53. The number of sulfonamides is 1. The van der Waals surface area contributed by atoms with Gasteiger partial charge in [-0.05, 0) is 19.9 Å². The average Bonchev–Trinajstić information content (AvgIpc) is 2.82. The van der Waals surface area contributed by atoms with Gasteiger partial charge >= 0.3 is 0 Å². The summed E-state index contributed by atoms with van der Waals surface area (Å²) < 4.78 is 24.3. The van der Waals surface area contributed by atoms with E-state index in [0.29, 0.717) is 12.8 Å². The van der Waals surface area contributed by atoms with Crippen LogP contribution < -0.4 is 4.72 Å². The molecule has 0 aromatic rings. The molecule has 0 amide bonds. The van der Waals surface area contributed by atoms with Crippen molar-refractivity contribution in [2.24, 2.45) is 0 Å². The summed E-state index contributed by atoms with van der Waals surface area (Å²) >= 11 is 0. The molecule has 1 fully saturated rings. The van der Waals surface area contributed by atoms with Gasteiger partial charge in [-0.3, -0.25) is 0 Å². The first-order valence-corrected chi connectivity index (χ1v) is 5.28. The maximum absolute atomic E-state index is 11.3. The van der Waals surface area contributed by atoms with Gasteiger partial charge in [0.25, 0.3) is 0 Å². The molecule has 0 atom stereocenters. The predicted octanol–water partition coefficient (Wildman–Crippen LogP) is -0.383. The molecule has 2 N–H and O–H groups in total. The lowest BCUT2D eigenvalue weighted by Gasteiger charge is -2.09.